The molecule has 2 aromatic carbocycles. The second-order valence-corrected chi connectivity index (χ2v) is 6.37. The van der Waals surface area contributed by atoms with Crippen molar-refractivity contribution >= 4 is 31.9 Å². The van der Waals surface area contributed by atoms with Gasteiger partial charge in [-0.15, -0.1) is 0 Å². The van der Waals surface area contributed by atoms with Gasteiger partial charge in [0, 0.05) is 9.80 Å². The predicted octanol–water partition coefficient (Wildman–Crippen LogP) is 6.19. The summed E-state index contributed by atoms with van der Waals surface area (Å²) in [7, 11) is 0. The Hall–Kier alpha value is -0.810. The van der Waals surface area contributed by atoms with E-state index in [9.17, 15) is 13.2 Å². The highest BCUT2D eigenvalue weighted by Crippen LogP contribution is 2.31. The molecule has 0 aliphatic heterocycles. The summed E-state index contributed by atoms with van der Waals surface area (Å²) in [5.41, 5.74) is 1.19. The molecule has 0 nitrogen and oxygen atoms in total. The summed E-state index contributed by atoms with van der Waals surface area (Å²) in [6.45, 7) is 0. The second kappa shape index (κ2) is 6.97. The number of benzene rings is 2. The molecular weight excluding hydrogens is 409 g/mol. The van der Waals surface area contributed by atoms with E-state index in [1.807, 2.05) is 24.3 Å². The van der Waals surface area contributed by atoms with Crippen molar-refractivity contribution in [3.8, 4) is 0 Å². The van der Waals surface area contributed by atoms with Crippen LogP contribution in [0.3, 0.4) is 0 Å². The second-order valence-electron chi connectivity index (χ2n) is 4.81. The molecule has 0 radical (unpaired) electrons. The van der Waals surface area contributed by atoms with E-state index in [1.165, 1.54) is 12.1 Å². The Morgan fingerprint density at radius 3 is 2.33 bits per heavy atom. The molecule has 0 spiro atoms. The number of alkyl halides is 4. The lowest BCUT2D eigenvalue weighted by Gasteiger charge is -2.16. The monoisotopic (exact) mass is 420 g/mol. The third-order valence-electron chi connectivity index (χ3n) is 3.24. The maximum atomic E-state index is 12.7. The number of hydrogen-bond donors (Lipinski definition) is 0. The van der Waals surface area contributed by atoms with E-state index >= 15 is 0 Å². The Balaban J connectivity index is 2.23. The fourth-order valence-corrected chi connectivity index (χ4v) is 3.20. The Morgan fingerprint density at radius 1 is 1.00 bits per heavy atom. The highest BCUT2D eigenvalue weighted by Gasteiger charge is 2.30. The molecule has 0 amide bonds. The molecule has 5 heteroatoms. The van der Waals surface area contributed by atoms with Crippen LogP contribution in [0.2, 0.25) is 0 Å². The van der Waals surface area contributed by atoms with Gasteiger partial charge in [0.15, 0.2) is 0 Å². The van der Waals surface area contributed by atoms with Crippen molar-refractivity contribution < 1.29 is 13.2 Å². The molecule has 0 saturated heterocycles. The van der Waals surface area contributed by atoms with Gasteiger partial charge < -0.3 is 0 Å². The highest BCUT2D eigenvalue weighted by molar-refractivity contribution is 9.10. The summed E-state index contributed by atoms with van der Waals surface area (Å²) < 4.78 is 39.2. The van der Waals surface area contributed by atoms with Crippen LogP contribution in [0.1, 0.15) is 22.6 Å². The van der Waals surface area contributed by atoms with Crippen molar-refractivity contribution in [3.05, 3.63) is 69.7 Å². The maximum absolute atomic E-state index is 12.7. The molecule has 0 aliphatic carbocycles. The smallest absolute Gasteiger partial charge is 0.166 e. The molecule has 0 bridgehead atoms. The largest absolute Gasteiger partial charge is 0.416 e. The molecule has 1 atom stereocenters. The van der Waals surface area contributed by atoms with Crippen LogP contribution in [0.15, 0.2) is 53.0 Å². The van der Waals surface area contributed by atoms with Crippen molar-refractivity contribution in [2.24, 2.45) is 0 Å². The zero-order valence-electron chi connectivity index (χ0n) is 11.0. The third kappa shape index (κ3) is 4.58. The Kier molecular flexibility index (Phi) is 5.49. The van der Waals surface area contributed by atoms with Crippen molar-refractivity contribution in [1.29, 1.82) is 0 Å². The van der Waals surface area contributed by atoms with E-state index < -0.39 is 11.7 Å². The fourth-order valence-electron chi connectivity index (χ4n) is 2.18. The molecule has 0 saturated carbocycles. The first kappa shape index (κ1) is 16.6. The normalized spacial score (nSPS) is 13.2. The minimum absolute atomic E-state index is 0.131. The lowest BCUT2D eigenvalue weighted by molar-refractivity contribution is -0.137. The first-order chi connectivity index (χ1) is 9.90. The molecule has 2 rings (SSSR count). The number of rotatable bonds is 4. The quantitative estimate of drug-likeness (QED) is 0.516. The summed E-state index contributed by atoms with van der Waals surface area (Å²) in [5, 5.41) is 0.694. The van der Waals surface area contributed by atoms with Gasteiger partial charge in [0.05, 0.1) is 5.56 Å². The molecule has 0 aliphatic rings. The van der Waals surface area contributed by atoms with Crippen LogP contribution in [-0.4, -0.2) is 5.33 Å². The molecule has 0 heterocycles. The first-order valence-corrected chi connectivity index (χ1v) is 8.29. The van der Waals surface area contributed by atoms with Crippen LogP contribution in [0.25, 0.3) is 0 Å². The molecular formula is C16H13Br2F3. The Labute approximate surface area is 138 Å². The molecule has 21 heavy (non-hydrogen) atoms. The highest BCUT2D eigenvalue weighted by atomic mass is 79.9. The molecule has 0 N–H and O–H groups in total. The van der Waals surface area contributed by atoms with Gasteiger partial charge in [0.2, 0.25) is 0 Å². The van der Waals surface area contributed by atoms with E-state index in [0.717, 1.165) is 16.1 Å². The minimum atomic E-state index is -4.30. The van der Waals surface area contributed by atoms with Gasteiger partial charge in [-0.2, -0.15) is 13.2 Å². The average Bonchev–Trinajstić information content (AvgIpc) is 2.44. The maximum Gasteiger partial charge on any atom is 0.416 e. The lowest BCUT2D eigenvalue weighted by Crippen LogP contribution is -2.08. The van der Waals surface area contributed by atoms with Crippen molar-refractivity contribution in [2.45, 2.75) is 18.5 Å². The summed E-state index contributed by atoms with van der Waals surface area (Å²) in [6.07, 6.45) is -3.73. The van der Waals surface area contributed by atoms with Gasteiger partial charge in [-0.05, 0) is 41.7 Å². The zero-order chi connectivity index (χ0) is 15.5. The Morgan fingerprint density at radius 2 is 1.71 bits per heavy atom. The van der Waals surface area contributed by atoms with Crippen LogP contribution < -0.4 is 0 Å². The molecule has 2 aromatic rings. The van der Waals surface area contributed by atoms with E-state index in [2.05, 4.69) is 31.9 Å². The van der Waals surface area contributed by atoms with Crippen LogP contribution in [-0.2, 0) is 12.6 Å². The van der Waals surface area contributed by atoms with Gasteiger partial charge in [-0.25, -0.2) is 0 Å². The van der Waals surface area contributed by atoms with Crippen molar-refractivity contribution in [3.63, 3.8) is 0 Å². The molecule has 1 unspecified atom stereocenters. The number of hydrogen-bond acceptors (Lipinski definition) is 0. The topological polar surface area (TPSA) is 0 Å². The number of halogens is 5. The van der Waals surface area contributed by atoms with Crippen LogP contribution in [0.4, 0.5) is 13.2 Å². The van der Waals surface area contributed by atoms with E-state index in [4.69, 9.17) is 0 Å². The standard InChI is InChI=1S/C16H13Br2F3/c17-10-13(12-4-2-6-15(18)9-12)7-11-3-1-5-14(8-11)16(19,20)21/h1-6,8-9,13H,7,10H2. The summed E-state index contributed by atoms with van der Waals surface area (Å²) >= 11 is 6.87. The van der Waals surface area contributed by atoms with Crippen molar-refractivity contribution in [1.82, 2.24) is 0 Å². The van der Waals surface area contributed by atoms with Crippen LogP contribution in [0.5, 0.6) is 0 Å². The van der Waals surface area contributed by atoms with Crippen LogP contribution in [0, 0.1) is 0 Å². The Bertz CT molecular complexity index is 608. The molecule has 0 fully saturated rings. The van der Waals surface area contributed by atoms with Crippen LogP contribution >= 0.6 is 31.9 Å². The molecule has 112 valence electrons. The first-order valence-electron chi connectivity index (χ1n) is 6.37. The van der Waals surface area contributed by atoms with Gasteiger partial charge in [-0.3, -0.25) is 0 Å². The van der Waals surface area contributed by atoms with Gasteiger partial charge in [0.1, 0.15) is 0 Å². The van der Waals surface area contributed by atoms with E-state index in [-0.39, 0.29) is 5.92 Å². The zero-order valence-corrected chi connectivity index (χ0v) is 14.2. The van der Waals surface area contributed by atoms with Gasteiger partial charge >= 0.3 is 6.18 Å². The summed E-state index contributed by atoms with van der Waals surface area (Å²) in [6, 6.07) is 13.4. The minimum Gasteiger partial charge on any atom is -0.166 e. The molecule has 0 aromatic heterocycles. The SMILES string of the molecule is FC(F)(F)c1cccc(CC(CBr)c2cccc(Br)c2)c1. The lowest BCUT2D eigenvalue weighted by atomic mass is 9.93. The van der Waals surface area contributed by atoms with Gasteiger partial charge in [-0.1, -0.05) is 62.2 Å². The third-order valence-corrected chi connectivity index (χ3v) is 4.52. The average molecular weight is 422 g/mol. The van der Waals surface area contributed by atoms with E-state index in [1.54, 1.807) is 6.07 Å². The fraction of sp³-hybridized carbons (Fsp3) is 0.250. The summed E-state index contributed by atoms with van der Waals surface area (Å²) in [4.78, 5) is 0. The predicted molar refractivity (Wildman–Crippen MR) is 85.8 cm³/mol. The van der Waals surface area contributed by atoms with Crippen molar-refractivity contribution in [2.75, 3.05) is 5.33 Å². The summed E-state index contributed by atoms with van der Waals surface area (Å²) in [5.74, 6) is 0.131. The van der Waals surface area contributed by atoms with Gasteiger partial charge in [0.25, 0.3) is 0 Å². The van der Waals surface area contributed by atoms with E-state index in [0.29, 0.717) is 17.3 Å².